The topological polar surface area (TPSA) is 656 Å². The number of hydrogen-bond acceptors (Lipinski definition) is 39. The lowest BCUT2D eigenvalue weighted by Crippen LogP contribution is -2.36. The van der Waals surface area contributed by atoms with Crippen LogP contribution in [0.15, 0.2) is 44.3 Å². The van der Waals surface area contributed by atoms with Crippen LogP contribution in [-0.4, -0.2) is 322 Å². The Kier molecular flexibility index (Phi) is 37.3. The van der Waals surface area contributed by atoms with Crippen molar-refractivity contribution in [1.82, 2.24) is 142 Å². The first-order chi connectivity index (χ1) is 69.9. The molecule has 55 heteroatoms. The molecule has 0 spiro atoms. The average Bonchev–Trinajstić information content (AvgIpc) is 1.63. The molecule has 12 aromatic heterocycles. The maximum absolute atomic E-state index is 12.2. The fraction of sp³-hybridized carbons (Fsp3) is 0.565. The predicted molar refractivity (Wildman–Crippen MR) is 544 cm³/mol. The zero-order valence-electron chi connectivity index (χ0n) is 85.3. The van der Waals surface area contributed by atoms with E-state index in [1.807, 2.05) is 113 Å². The summed E-state index contributed by atoms with van der Waals surface area (Å²) in [7, 11) is 2.62. The number of likely N-dealkylation sites (tertiary alicyclic amines) is 4. The minimum atomic E-state index is -0.613. The Hall–Kier alpha value is -14.4. The third-order valence-electron chi connectivity index (χ3n) is 23.6. The molecule has 17 heterocycles. The zero-order chi connectivity index (χ0) is 107. The van der Waals surface area contributed by atoms with E-state index in [0.717, 1.165) is 96.2 Å². The van der Waals surface area contributed by atoms with Crippen LogP contribution in [-0.2, 0) is 72.5 Å². The Morgan fingerprint density at radius 1 is 0.374 bits per heavy atom. The van der Waals surface area contributed by atoms with Crippen LogP contribution in [0.3, 0.4) is 0 Å². The molecule has 52 nitrogen and oxygen atoms in total. The molecular weight excluding hydrogens is 1970 g/mol. The highest BCUT2D eigenvalue weighted by atomic mass is 35.5. The summed E-state index contributed by atoms with van der Waals surface area (Å²) in [6.45, 7) is 38.5. The number of hydrogen-bond donors (Lipinski definition) is 9. The lowest BCUT2D eigenvalue weighted by molar-refractivity contribution is -0.131. The van der Waals surface area contributed by atoms with E-state index < -0.39 is 46.5 Å². The van der Waals surface area contributed by atoms with E-state index >= 15 is 0 Å². The van der Waals surface area contributed by atoms with Crippen LogP contribution in [0.25, 0.3) is 67.0 Å². The minimum absolute atomic E-state index is 0.000534. The fourth-order valence-corrected chi connectivity index (χ4v) is 16.8. The number of fused-ring (bicyclic) bond motifs is 6. The van der Waals surface area contributed by atoms with E-state index in [-0.39, 0.29) is 99.7 Å². The van der Waals surface area contributed by atoms with Crippen LogP contribution in [0.2, 0.25) is 10.3 Å². The quantitative estimate of drug-likeness (QED) is 0.0141. The van der Waals surface area contributed by atoms with Gasteiger partial charge in [0, 0.05) is 140 Å². The number of imidazole rings is 6. The zero-order valence-corrected chi connectivity index (χ0v) is 87.6. The van der Waals surface area contributed by atoms with Gasteiger partial charge in [0.1, 0.15) is 65.8 Å². The molecule has 7 aliphatic rings. The van der Waals surface area contributed by atoms with Crippen molar-refractivity contribution in [3.05, 3.63) is 83.7 Å². The SMILES string of the molecule is CC(C)(C)OC(=O)N1CC[C@H](N)C1.CCn1c(C(=O)OC)nc2c(Cl)ncnc21.CCn1c(C(=O)OC)nc2c(N[C@H]3CCN(C(=O)OC(C)(C)C)C3)ncnc21.CCn1c(C(N)=O)nc2c(N[C@H]3CCN(C(=O)C4CC4)C3)ncnc21.CCn1c(C(N)=O)nc2c(N[C@H]3CCN(C(=O)OC(C)(C)C)C3)ncnc21.CCn1c(C(N)=O)nc2c(N[C@H]3CCNC3)ncnc21.CCn1cnc2c(Cl)ncnc21.O=C(Cl)C1CC1. The number of nitrogens with zero attached hydrogens (tertiary/aromatic N) is 28. The van der Waals surface area contributed by atoms with E-state index in [0.29, 0.717) is 168 Å². The van der Waals surface area contributed by atoms with Gasteiger partial charge in [0.15, 0.2) is 89.5 Å². The summed E-state index contributed by atoms with van der Waals surface area (Å²) in [4.78, 5) is 199. The average molecular weight is 2100 g/mol. The molecule has 12 aromatic rings. The number of carbonyl (C=O) groups is 10. The Morgan fingerprint density at radius 3 is 1.00 bits per heavy atom. The number of esters is 2. The van der Waals surface area contributed by atoms with Crippen molar-refractivity contribution >= 4 is 184 Å². The van der Waals surface area contributed by atoms with Crippen molar-refractivity contribution in [2.75, 3.05) is 101 Å². The Morgan fingerprint density at radius 2 is 0.687 bits per heavy atom. The summed E-state index contributed by atoms with van der Waals surface area (Å²) in [6.07, 6.45) is 17.7. The van der Waals surface area contributed by atoms with E-state index in [9.17, 15) is 47.9 Å². The predicted octanol–water partition coefficient (Wildman–Crippen LogP) is 8.41. The summed E-state index contributed by atoms with van der Waals surface area (Å²) in [5.74, 6) is 1.12. The second-order valence-electron chi connectivity index (χ2n) is 37.9. The molecule has 5 saturated heterocycles. The minimum Gasteiger partial charge on any atom is -0.463 e. The van der Waals surface area contributed by atoms with Crippen molar-refractivity contribution in [1.29, 1.82) is 0 Å². The lowest BCUT2D eigenvalue weighted by Gasteiger charge is -2.24. The number of anilines is 4. The molecule has 147 heavy (non-hydrogen) atoms. The summed E-state index contributed by atoms with van der Waals surface area (Å²) in [5, 5.41) is 17.1. The second-order valence-corrected chi connectivity index (χ2v) is 39.0. The third-order valence-corrected chi connectivity index (χ3v) is 24.5. The van der Waals surface area contributed by atoms with Gasteiger partial charge in [0.2, 0.25) is 40.3 Å². The van der Waals surface area contributed by atoms with Crippen LogP contribution >= 0.6 is 34.8 Å². The summed E-state index contributed by atoms with van der Waals surface area (Å²) >= 11 is 16.7. The molecule has 0 radical (unpaired) electrons. The number of ether oxygens (including phenoxy) is 5. The highest BCUT2D eigenvalue weighted by Crippen LogP contribution is 2.35. The second kappa shape index (κ2) is 49.2. The first-order valence-electron chi connectivity index (χ1n) is 48.4. The number of aromatic nitrogens is 24. The van der Waals surface area contributed by atoms with Crippen LogP contribution in [0.1, 0.15) is 215 Å². The van der Waals surface area contributed by atoms with Gasteiger partial charge in [-0.05, 0) is 180 Å². The van der Waals surface area contributed by atoms with Gasteiger partial charge >= 0.3 is 30.2 Å². The van der Waals surface area contributed by atoms with Gasteiger partial charge in [0.05, 0.1) is 20.5 Å². The van der Waals surface area contributed by atoms with Crippen LogP contribution in [0, 0.1) is 11.8 Å². The first kappa shape index (κ1) is 111. The van der Waals surface area contributed by atoms with Crippen molar-refractivity contribution in [2.24, 2.45) is 34.8 Å². The van der Waals surface area contributed by atoms with Crippen molar-refractivity contribution in [3.63, 3.8) is 0 Å². The lowest BCUT2D eigenvalue weighted by atomic mass is 10.2. The van der Waals surface area contributed by atoms with E-state index in [1.165, 1.54) is 52.2 Å². The number of methoxy groups -OCH3 is 2. The molecule has 7 amide bonds. The summed E-state index contributed by atoms with van der Waals surface area (Å²) in [5.41, 5.74) is 27.2. The van der Waals surface area contributed by atoms with Crippen molar-refractivity contribution in [3.8, 4) is 0 Å². The molecule has 0 bridgehead atoms. The molecule has 2 saturated carbocycles. The summed E-state index contributed by atoms with van der Waals surface area (Å²) in [6, 6.07) is 0.549. The first-order valence-corrected chi connectivity index (χ1v) is 49.6. The van der Waals surface area contributed by atoms with Gasteiger partial charge in [0.25, 0.3) is 17.7 Å². The normalized spacial score (nSPS) is 17.4. The molecule has 0 unspecified atom stereocenters. The van der Waals surface area contributed by atoms with Crippen LogP contribution < -0.4 is 49.5 Å². The van der Waals surface area contributed by atoms with Crippen molar-refractivity contribution in [2.45, 2.75) is 248 Å². The molecule has 792 valence electrons. The Labute approximate surface area is 860 Å². The molecule has 5 atom stereocenters. The monoisotopic (exact) mass is 2100 g/mol. The summed E-state index contributed by atoms with van der Waals surface area (Å²) < 4.78 is 35.8. The number of primary amides is 3. The molecule has 2 aliphatic carbocycles. The molecule has 7 fully saturated rings. The fourth-order valence-electron chi connectivity index (χ4n) is 16.3. The number of nitrogens with two attached hydrogens (primary N) is 4. The molecular formula is C92H128Cl3N37O15. The number of aryl methyl sites for hydroxylation is 6. The standard InChI is InChI=1S/C18H26N6O4.C17H25N7O3.C16H21N7O2.C12H17N7O.C9H9ClN4O2.C9H18N2O2.C7H7ClN4.C4H5ClO/c1-6-24-14-12(22-15(24)16(25)27-5)13(19-10-20-14)21-11-7-8-23(9-11)17(26)28-18(2,3)4;1-5-24-14-11(22-15(24)12(18)25)13(19-9-20-14)21-10-6-7-23(8-10)16(26)27-17(2,3)4;1-2-23-14-11(21-15(23)12(17)24)13(18-8-19-14)20-10-5-6-22(7-10)16(25)9-3-4-9;1-2-19-11-8(18-12(19)9(13)20)10(15-6-16-11)17-7-3-4-14-5-7;1-3-14-7-5(6(10)11-4-12-7)13-8(14)9(15)16-2;1-9(2,3)13-8(12)11-5-4-7(10)6-11;1-2-12-4-11-5-6(8)9-3-10-7(5)12;5-4(6)3-1-2-3/h10-11H,6-9H2,1-5H3,(H,19,20,21);9-10H,5-8H2,1-4H3,(H2,18,25)(H,19,20,21);8-10H,2-7H2,1H3,(H2,17,24)(H,18,19,20);6-7,14H,2-5H2,1H3,(H2,13,20)(H,15,16,17);4H,3H2,1-2H3;7H,4-6,10H2,1-3H3;3-4H,2H2,1H3;3H,1-2H2/t11-;2*10-;7-;;7-;;/m0000.0../s1. The Bertz CT molecular complexity index is 6730. The van der Waals surface area contributed by atoms with E-state index in [4.69, 9.17) is 76.7 Å². The third kappa shape index (κ3) is 28.5. The van der Waals surface area contributed by atoms with E-state index in [2.05, 4.69) is 121 Å². The van der Waals surface area contributed by atoms with Gasteiger partial charge in [-0.1, -0.05) is 23.2 Å². The number of halogens is 3. The van der Waals surface area contributed by atoms with Gasteiger partial charge in [-0.3, -0.25) is 24.0 Å². The van der Waals surface area contributed by atoms with Gasteiger partial charge in [-0.15, -0.1) is 0 Å². The number of rotatable bonds is 21. The van der Waals surface area contributed by atoms with E-state index in [1.54, 1.807) is 43.9 Å². The van der Waals surface area contributed by atoms with Gasteiger partial charge < -0.3 is 120 Å². The highest BCUT2D eigenvalue weighted by molar-refractivity contribution is 6.64. The molecule has 5 aliphatic heterocycles. The largest absolute Gasteiger partial charge is 0.463 e. The number of carbonyl (C=O) groups excluding carboxylic acids is 10. The van der Waals surface area contributed by atoms with Crippen LogP contribution in [0.5, 0.6) is 0 Å². The Balaban J connectivity index is 0.000000153. The maximum atomic E-state index is 12.2. The van der Waals surface area contributed by atoms with Gasteiger partial charge in [-0.2, -0.15) is 0 Å². The van der Waals surface area contributed by atoms with Gasteiger partial charge in [-0.25, -0.2) is 114 Å². The van der Waals surface area contributed by atoms with Crippen LogP contribution in [0.4, 0.5) is 37.7 Å². The smallest absolute Gasteiger partial charge is 0.410 e. The molecule has 13 N–H and O–H groups in total. The molecule has 19 rings (SSSR count). The molecule has 0 aromatic carbocycles. The van der Waals surface area contributed by atoms with Crippen molar-refractivity contribution < 1.29 is 71.6 Å². The maximum Gasteiger partial charge on any atom is 0.410 e. The highest BCUT2D eigenvalue weighted by Gasteiger charge is 2.39. The number of nitrogens with one attached hydrogen (secondary N) is 5. The number of amides is 7.